The largest absolute Gasteiger partial charge is 0.366 e. The van der Waals surface area contributed by atoms with Gasteiger partial charge in [0.2, 0.25) is 5.91 Å². The van der Waals surface area contributed by atoms with Crippen molar-refractivity contribution in [1.82, 2.24) is 5.32 Å². The van der Waals surface area contributed by atoms with Crippen LogP contribution in [0.3, 0.4) is 0 Å². The van der Waals surface area contributed by atoms with Crippen molar-refractivity contribution in [1.29, 1.82) is 0 Å². The number of carbonyl (C=O) groups excluding carboxylic acids is 1. The van der Waals surface area contributed by atoms with E-state index in [-0.39, 0.29) is 11.3 Å². The molecular weight excluding hydrogens is 272 g/mol. The Bertz CT molecular complexity index is 539. The second kappa shape index (κ2) is 6.53. The van der Waals surface area contributed by atoms with Crippen molar-refractivity contribution >= 4 is 17.3 Å². The summed E-state index contributed by atoms with van der Waals surface area (Å²) in [6.45, 7) is 2.53. The van der Waals surface area contributed by atoms with E-state index in [9.17, 15) is 14.9 Å². The molecule has 1 aromatic carbocycles. The summed E-state index contributed by atoms with van der Waals surface area (Å²) in [4.78, 5) is 23.9. The normalized spacial score (nSPS) is 16.0. The number of piperidine rings is 1. The molecule has 1 fully saturated rings. The lowest BCUT2D eigenvalue weighted by Gasteiger charge is -2.33. The Labute approximate surface area is 123 Å². The molecule has 0 radical (unpaired) electrons. The summed E-state index contributed by atoms with van der Waals surface area (Å²) >= 11 is 0. The molecule has 1 aromatic rings. The van der Waals surface area contributed by atoms with Gasteiger partial charge in [0.05, 0.1) is 4.92 Å². The van der Waals surface area contributed by atoms with Crippen molar-refractivity contribution < 1.29 is 9.72 Å². The van der Waals surface area contributed by atoms with Gasteiger partial charge >= 0.3 is 0 Å². The number of nitrogens with one attached hydrogen (secondary N) is 1. The summed E-state index contributed by atoms with van der Waals surface area (Å²) < 4.78 is 0. The van der Waals surface area contributed by atoms with E-state index in [0.29, 0.717) is 11.6 Å². The SMILES string of the molecule is CNCC1CCN(c2ccc(C(N)=O)cc2[N+](=O)[O-])CC1. The van der Waals surface area contributed by atoms with E-state index in [0.717, 1.165) is 32.5 Å². The van der Waals surface area contributed by atoms with Crippen molar-refractivity contribution in [3.8, 4) is 0 Å². The second-order valence-corrected chi connectivity index (χ2v) is 5.31. The minimum absolute atomic E-state index is 0.0571. The van der Waals surface area contributed by atoms with Crippen molar-refractivity contribution in [3.05, 3.63) is 33.9 Å². The van der Waals surface area contributed by atoms with Gasteiger partial charge in [-0.1, -0.05) is 0 Å². The van der Waals surface area contributed by atoms with Gasteiger partial charge in [-0.3, -0.25) is 14.9 Å². The molecule has 0 unspecified atom stereocenters. The quantitative estimate of drug-likeness (QED) is 0.625. The Morgan fingerprint density at radius 3 is 2.67 bits per heavy atom. The molecule has 114 valence electrons. The van der Waals surface area contributed by atoms with E-state index in [2.05, 4.69) is 5.32 Å². The zero-order chi connectivity index (χ0) is 15.4. The van der Waals surface area contributed by atoms with E-state index < -0.39 is 10.8 Å². The van der Waals surface area contributed by atoms with E-state index in [1.54, 1.807) is 12.1 Å². The molecule has 0 atom stereocenters. The maximum absolute atomic E-state index is 11.2. The van der Waals surface area contributed by atoms with Gasteiger partial charge in [-0.2, -0.15) is 0 Å². The molecule has 1 saturated heterocycles. The van der Waals surface area contributed by atoms with Crippen LogP contribution in [0.5, 0.6) is 0 Å². The average Bonchev–Trinajstić information content (AvgIpc) is 2.47. The monoisotopic (exact) mass is 292 g/mol. The third kappa shape index (κ3) is 3.49. The number of amides is 1. The molecule has 21 heavy (non-hydrogen) atoms. The van der Waals surface area contributed by atoms with Crippen LogP contribution in [0, 0.1) is 16.0 Å². The number of hydrogen-bond acceptors (Lipinski definition) is 5. The smallest absolute Gasteiger partial charge is 0.293 e. The molecule has 1 amide bonds. The Balaban J connectivity index is 2.20. The molecule has 0 aliphatic carbocycles. The first-order chi connectivity index (χ1) is 10.0. The van der Waals surface area contributed by atoms with Gasteiger partial charge in [-0.05, 0) is 44.5 Å². The number of nitrogens with zero attached hydrogens (tertiary/aromatic N) is 2. The van der Waals surface area contributed by atoms with E-state index in [4.69, 9.17) is 5.73 Å². The fraction of sp³-hybridized carbons (Fsp3) is 0.500. The summed E-state index contributed by atoms with van der Waals surface area (Å²) in [6.07, 6.45) is 1.99. The molecule has 7 nitrogen and oxygen atoms in total. The molecule has 0 aromatic heterocycles. The Kier molecular flexibility index (Phi) is 4.74. The Hall–Kier alpha value is -2.15. The number of primary amides is 1. The number of rotatable bonds is 5. The number of hydrogen-bond donors (Lipinski definition) is 2. The first-order valence-electron chi connectivity index (χ1n) is 7.00. The van der Waals surface area contributed by atoms with Crippen LogP contribution in [0.2, 0.25) is 0 Å². The lowest BCUT2D eigenvalue weighted by Crippen LogP contribution is -2.37. The van der Waals surface area contributed by atoms with Crippen molar-refractivity contribution in [2.24, 2.45) is 11.7 Å². The summed E-state index contributed by atoms with van der Waals surface area (Å²) in [5.41, 5.74) is 5.85. The molecular formula is C14H20N4O3. The molecule has 0 spiro atoms. The van der Waals surface area contributed by atoms with Crippen molar-refractivity contribution in [2.75, 3.05) is 31.6 Å². The van der Waals surface area contributed by atoms with Crippen LogP contribution in [0.15, 0.2) is 18.2 Å². The Morgan fingerprint density at radius 1 is 1.48 bits per heavy atom. The van der Waals surface area contributed by atoms with Crippen molar-refractivity contribution in [2.45, 2.75) is 12.8 Å². The molecule has 0 saturated carbocycles. The molecule has 1 aliphatic rings. The predicted octanol–water partition coefficient (Wildman–Crippen LogP) is 1.13. The van der Waals surface area contributed by atoms with E-state index >= 15 is 0 Å². The van der Waals surface area contributed by atoms with Gasteiger partial charge in [0.25, 0.3) is 5.69 Å². The lowest BCUT2D eigenvalue weighted by molar-refractivity contribution is -0.384. The Morgan fingerprint density at radius 2 is 2.14 bits per heavy atom. The summed E-state index contributed by atoms with van der Waals surface area (Å²) in [5.74, 6) is -0.0485. The molecule has 3 N–H and O–H groups in total. The van der Waals surface area contributed by atoms with E-state index in [1.807, 2.05) is 11.9 Å². The summed E-state index contributed by atoms with van der Waals surface area (Å²) in [6, 6.07) is 4.43. The van der Waals surface area contributed by atoms with Crippen LogP contribution < -0.4 is 16.0 Å². The highest BCUT2D eigenvalue weighted by Gasteiger charge is 2.25. The average molecular weight is 292 g/mol. The molecule has 7 heteroatoms. The standard InChI is InChI=1S/C14H20N4O3/c1-16-9-10-4-6-17(7-5-10)12-3-2-11(14(15)19)8-13(12)18(20)21/h2-3,8,10,16H,4-7,9H2,1H3,(H2,15,19). The van der Waals surface area contributed by atoms with Crippen molar-refractivity contribution in [3.63, 3.8) is 0 Å². The number of carbonyl (C=O) groups is 1. The van der Waals surface area contributed by atoms with Gasteiger partial charge in [0, 0.05) is 24.7 Å². The number of nitro groups is 1. The lowest BCUT2D eigenvalue weighted by atomic mass is 9.96. The maximum atomic E-state index is 11.2. The fourth-order valence-corrected chi connectivity index (χ4v) is 2.76. The van der Waals surface area contributed by atoms with Crippen LogP contribution in [0.4, 0.5) is 11.4 Å². The topological polar surface area (TPSA) is 102 Å². The number of nitro benzene ring substituents is 1. The summed E-state index contributed by atoms with van der Waals surface area (Å²) in [7, 11) is 1.93. The first-order valence-corrected chi connectivity index (χ1v) is 7.00. The number of anilines is 1. The third-order valence-electron chi connectivity index (χ3n) is 3.90. The third-order valence-corrected chi connectivity index (χ3v) is 3.90. The van der Waals surface area contributed by atoms with Crippen LogP contribution >= 0.6 is 0 Å². The number of nitrogens with two attached hydrogens (primary N) is 1. The van der Waals surface area contributed by atoms with Gasteiger partial charge in [-0.25, -0.2) is 0 Å². The number of benzene rings is 1. The van der Waals surface area contributed by atoms with Crippen LogP contribution in [-0.2, 0) is 0 Å². The summed E-state index contributed by atoms with van der Waals surface area (Å²) in [5, 5.41) is 14.4. The maximum Gasteiger partial charge on any atom is 0.293 e. The predicted molar refractivity (Wildman–Crippen MR) is 80.5 cm³/mol. The van der Waals surface area contributed by atoms with Gasteiger partial charge in [-0.15, -0.1) is 0 Å². The molecule has 1 aliphatic heterocycles. The molecule has 1 heterocycles. The first kappa shape index (κ1) is 15.2. The fourth-order valence-electron chi connectivity index (χ4n) is 2.76. The zero-order valence-electron chi connectivity index (χ0n) is 12.0. The van der Waals surface area contributed by atoms with Crippen LogP contribution in [0.1, 0.15) is 23.2 Å². The molecule has 2 rings (SSSR count). The highest BCUT2D eigenvalue weighted by molar-refractivity contribution is 5.94. The molecule has 0 bridgehead atoms. The van der Waals surface area contributed by atoms with Crippen LogP contribution in [-0.4, -0.2) is 37.5 Å². The van der Waals surface area contributed by atoms with Gasteiger partial charge in [0.1, 0.15) is 5.69 Å². The highest BCUT2D eigenvalue weighted by Crippen LogP contribution is 2.32. The highest BCUT2D eigenvalue weighted by atomic mass is 16.6. The van der Waals surface area contributed by atoms with E-state index in [1.165, 1.54) is 6.07 Å². The van der Waals surface area contributed by atoms with Crippen LogP contribution in [0.25, 0.3) is 0 Å². The zero-order valence-corrected chi connectivity index (χ0v) is 12.0. The second-order valence-electron chi connectivity index (χ2n) is 5.31. The minimum Gasteiger partial charge on any atom is -0.366 e. The minimum atomic E-state index is -0.655. The van der Waals surface area contributed by atoms with Gasteiger partial charge < -0.3 is 16.0 Å². The van der Waals surface area contributed by atoms with Gasteiger partial charge in [0.15, 0.2) is 0 Å².